The van der Waals surface area contributed by atoms with Crippen molar-refractivity contribution in [2.45, 2.75) is 46.1 Å². The maximum Gasteiger partial charge on any atom is 0.230 e. The summed E-state index contributed by atoms with van der Waals surface area (Å²) < 4.78 is 2.03. The Morgan fingerprint density at radius 1 is 1.18 bits per heavy atom. The fourth-order valence-corrected chi connectivity index (χ4v) is 2.38. The number of benzene rings is 1. The van der Waals surface area contributed by atoms with Crippen LogP contribution in [-0.4, -0.2) is 5.91 Å². The van der Waals surface area contributed by atoms with Crippen LogP contribution >= 0.6 is 0 Å². The average Bonchev–Trinajstić information content (AvgIpc) is 2.54. The summed E-state index contributed by atoms with van der Waals surface area (Å²) in [6.07, 6.45) is 5.56. The van der Waals surface area contributed by atoms with Crippen molar-refractivity contribution < 1.29 is 9.36 Å². The molecule has 3 heteroatoms. The number of nitrogens with zero attached hydrogens (tertiary/aromatic N) is 1. The van der Waals surface area contributed by atoms with Gasteiger partial charge >= 0.3 is 0 Å². The molecule has 0 radical (unpaired) electrons. The summed E-state index contributed by atoms with van der Waals surface area (Å²) in [5, 5.41) is 3.06. The topological polar surface area (TPSA) is 33.0 Å². The molecule has 0 bridgehead atoms. The molecule has 1 N–H and O–H groups in total. The van der Waals surface area contributed by atoms with Crippen LogP contribution < -0.4 is 9.88 Å². The van der Waals surface area contributed by atoms with Crippen LogP contribution in [0.4, 0.5) is 5.69 Å². The molecule has 22 heavy (non-hydrogen) atoms. The molecule has 1 aromatic carbocycles. The van der Waals surface area contributed by atoms with Crippen molar-refractivity contribution in [2.24, 2.45) is 0 Å². The molecule has 0 aliphatic carbocycles. The second kappa shape index (κ2) is 7.74. The number of amides is 1. The fraction of sp³-hybridized carbons (Fsp3) is 0.368. The maximum absolute atomic E-state index is 12.2. The van der Waals surface area contributed by atoms with Gasteiger partial charge in [-0.2, -0.15) is 0 Å². The molecule has 1 atom stereocenters. The largest absolute Gasteiger partial charge is 0.326 e. The predicted molar refractivity (Wildman–Crippen MR) is 89.8 cm³/mol. The number of carbonyl (C=O) groups excluding carboxylic acids is 1. The molecule has 1 heterocycles. The van der Waals surface area contributed by atoms with Gasteiger partial charge in [0, 0.05) is 17.8 Å². The third kappa shape index (κ3) is 4.42. The van der Waals surface area contributed by atoms with E-state index in [0.29, 0.717) is 18.9 Å². The summed E-state index contributed by atoms with van der Waals surface area (Å²) in [5.74, 6) is 0.506. The van der Waals surface area contributed by atoms with E-state index in [9.17, 15) is 4.79 Å². The Bertz CT molecular complexity index is 620. The van der Waals surface area contributed by atoms with Crippen LogP contribution in [0.1, 0.15) is 43.7 Å². The first-order valence-electron chi connectivity index (χ1n) is 7.94. The quantitative estimate of drug-likeness (QED) is 0.808. The Labute approximate surface area is 133 Å². The number of hydrogen-bond donors (Lipinski definition) is 1. The van der Waals surface area contributed by atoms with Gasteiger partial charge in [0.15, 0.2) is 18.9 Å². The summed E-state index contributed by atoms with van der Waals surface area (Å²) >= 11 is 0. The van der Waals surface area contributed by atoms with Crippen LogP contribution in [0.15, 0.2) is 48.8 Å². The first kappa shape index (κ1) is 16.2. The van der Waals surface area contributed by atoms with Crippen molar-refractivity contribution >= 4 is 11.6 Å². The first-order chi connectivity index (χ1) is 10.6. The number of pyridine rings is 1. The first-order valence-corrected chi connectivity index (χ1v) is 7.94. The Morgan fingerprint density at radius 2 is 1.86 bits per heavy atom. The van der Waals surface area contributed by atoms with E-state index in [2.05, 4.69) is 44.3 Å². The van der Waals surface area contributed by atoms with Crippen LogP contribution in [0.2, 0.25) is 0 Å². The molecule has 0 saturated carbocycles. The van der Waals surface area contributed by atoms with Crippen LogP contribution in [0, 0.1) is 6.92 Å². The monoisotopic (exact) mass is 297 g/mol. The Hall–Kier alpha value is -2.16. The zero-order valence-electron chi connectivity index (χ0n) is 13.7. The van der Waals surface area contributed by atoms with Crippen molar-refractivity contribution in [1.82, 2.24) is 0 Å². The molecule has 0 saturated heterocycles. The average molecular weight is 297 g/mol. The number of para-hydroxylation sites is 1. The molecule has 1 aromatic heterocycles. The van der Waals surface area contributed by atoms with Gasteiger partial charge in [0.1, 0.15) is 0 Å². The van der Waals surface area contributed by atoms with E-state index in [-0.39, 0.29) is 5.91 Å². The molecule has 0 spiro atoms. The molecular weight excluding hydrogens is 272 g/mol. The summed E-state index contributed by atoms with van der Waals surface area (Å²) in [4.78, 5) is 12.2. The molecule has 116 valence electrons. The summed E-state index contributed by atoms with van der Waals surface area (Å²) in [7, 11) is 0. The minimum Gasteiger partial charge on any atom is -0.326 e. The van der Waals surface area contributed by atoms with Crippen molar-refractivity contribution in [3.63, 3.8) is 0 Å². The van der Waals surface area contributed by atoms with Gasteiger partial charge in [-0.3, -0.25) is 4.79 Å². The highest BCUT2D eigenvalue weighted by molar-refractivity contribution is 5.91. The van der Waals surface area contributed by atoms with Crippen LogP contribution in [0.5, 0.6) is 0 Å². The van der Waals surface area contributed by atoms with Gasteiger partial charge < -0.3 is 5.32 Å². The molecule has 2 rings (SSSR count). The van der Waals surface area contributed by atoms with Gasteiger partial charge in [0.05, 0.1) is 6.42 Å². The normalized spacial score (nSPS) is 12.0. The second-order valence-electron chi connectivity index (χ2n) is 5.81. The van der Waals surface area contributed by atoms with Crippen LogP contribution in [0.25, 0.3) is 0 Å². The fourth-order valence-electron chi connectivity index (χ4n) is 2.38. The highest BCUT2D eigenvalue weighted by Gasteiger charge is 2.12. The molecule has 0 aliphatic rings. The second-order valence-corrected chi connectivity index (χ2v) is 5.81. The zero-order valence-corrected chi connectivity index (χ0v) is 13.7. The smallest absolute Gasteiger partial charge is 0.230 e. The lowest BCUT2D eigenvalue weighted by Gasteiger charge is -2.15. The van der Waals surface area contributed by atoms with E-state index in [1.54, 1.807) is 0 Å². The number of hydrogen-bond acceptors (Lipinski definition) is 1. The zero-order chi connectivity index (χ0) is 15.9. The van der Waals surface area contributed by atoms with E-state index in [4.69, 9.17) is 0 Å². The molecule has 1 unspecified atom stereocenters. The van der Waals surface area contributed by atoms with Crippen molar-refractivity contribution in [1.29, 1.82) is 0 Å². The molecule has 0 fully saturated rings. The Morgan fingerprint density at radius 3 is 2.55 bits per heavy atom. The lowest BCUT2D eigenvalue weighted by Crippen LogP contribution is -2.34. The Kier molecular flexibility index (Phi) is 5.70. The van der Waals surface area contributed by atoms with E-state index in [1.165, 1.54) is 11.1 Å². The van der Waals surface area contributed by atoms with E-state index in [1.807, 2.05) is 35.2 Å². The Balaban J connectivity index is 1.96. The predicted octanol–water partition coefficient (Wildman–Crippen LogP) is 3.82. The number of carbonyl (C=O) groups is 1. The SMILES string of the molecule is CCC(C)c1ccccc1NC(=O)CC[n+]1ccc(C)cc1. The molecule has 2 aromatic rings. The standard InChI is InChI=1S/C19H24N2O/c1-4-16(3)17-7-5-6-8-18(17)20-19(22)11-14-21-12-9-15(2)10-13-21/h5-10,12-13,16H,4,11,14H2,1-3H3/p+1. The number of aromatic nitrogens is 1. The van der Waals surface area contributed by atoms with Gasteiger partial charge in [-0.05, 0) is 36.5 Å². The van der Waals surface area contributed by atoms with Gasteiger partial charge in [-0.25, -0.2) is 4.57 Å². The molecule has 1 amide bonds. The van der Waals surface area contributed by atoms with Gasteiger partial charge in [0.2, 0.25) is 5.91 Å². The van der Waals surface area contributed by atoms with Crippen LogP contribution in [0.3, 0.4) is 0 Å². The third-order valence-electron chi connectivity index (χ3n) is 4.03. The van der Waals surface area contributed by atoms with E-state index >= 15 is 0 Å². The lowest BCUT2D eigenvalue weighted by molar-refractivity contribution is -0.695. The highest BCUT2D eigenvalue weighted by Crippen LogP contribution is 2.26. The lowest BCUT2D eigenvalue weighted by atomic mass is 9.97. The van der Waals surface area contributed by atoms with Crippen molar-refractivity contribution in [2.75, 3.05) is 5.32 Å². The van der Waals surface area contributed by atoms with Crippen molar-refractivity contribution in [3.05, 3.63) is 59.9 Å². The van der Waals surface area contributed by atoms with Crippen LogP contribution in [-0.2, 0) is 11.3 Å². The number of rotatable bonds is 6. The minimum absolute atomic E-state index is 0.0591. The maximum atomic E-state index is 12.2. The minimum atomic E-state index is 0.0591. The highest BCUT2D eigenvalue weighted by atomic mass is 16.1. The third-order valence-corrected chi connectivity index (χ3v) is 4.03. The number of nitrogens with one attached hydrogen (secondary N) is 1. The molecular formula is C19H25N2O+. The van der Waals surface area contributed by atoms with Crippen molar-refractivity contribution in [3.8, 4) is 0 Å². The van der Waals surface area contributed by atoms with E-state index in [0.717, 1.165) is 12.1 Å². The summed E-state index contributed by atoms with van der Waals surface area (Å²) in [5.41, 5.74) is 3.38. The number of anilines is 1. The summed E-state index contributed by atoms with van der Waals surface area (Å²) in [6.45, 7) is 7.10. The molecule has 0 aliphatic heterocycles. The summed E-state index contributed by atoms with van der Waals surface area (Å²) in [6, 6.07) is 12.2. The number of aryl methyl sites for hydroxylation is 2. The van der Waals surface area contributed by atoms with Gasteiger partial charge in [-0.1, -0.05) is 32.0 Å². The van der Waals surface area contributed by atoms with Gasteiger partial charge in [-0.15, -0.1) is 0 Å². The molecule has 3 nitrogen and oxygen atoms in total. The van der Waals surface area contributed by atoms with Gasteiger partial charge in [0.25, 0.3) is 0 Å². The van der Waals surface area contributed by atoms with E-state index < -0.39 is 0 Å².